The molecule has 230 valence electrons. The Kier molecular flexibility index (Phi) is 6.30. The van der Waals surface area contributed by atoms with Crippen LogP contribution in [0.3, 0.4) is 0 Å². The second-order valence-corrected chi connectivity index (χ2v) is 14.4. The van der Waals surface area contributed by atoms with Crippen LogP contribution in [0.2, 0.25) is 0 Å². The number of ether oxygens (including phenoxy) is 5. The Bertz CT molecular complexity index is 1320. The van der Waals surface area contributed by atoms with Crippen molar-refractivity contribution >= 4 is 23.9 Å². The minimum atomic E-state index is -0.994. The Morgan fingerprint density at radius 2 is 1.45 bits per heavy atom. The van der Waals surface area contributed by atoms with Gasteiger partial charge in [0.15, 0.2) is 6.10 Å². The molecular formula is C32H42O10. The molecule has 1 spiro atoms. The third-order valence-electron chi connectivity index (χ3n) is 12.2. The van der Waals surface area contributed by atoms with E-state index in [9.17, 15) is 19.2 Å². The Morgan fingerprint density at radius 3 is 2.05 bits per heavy atom. The summed E-state index contributed by atoms with van der Waals surface area (Å²) in [6.07, 6.45) is 2.16. The van der Waals surface area contributed by atoms with Gasteiger partial charge in [0.1, 0.15) is 30.0 Å². The number of fused-ring (bicyclic) bond motifs is 3. The molecular weight excluding hydrogens is 544 g/mol. The van der Waals surface area contributed by atoms with Gasteiger partial charge in [-0.15, -0.1) is 0 Å². The van der Waals surface area contributed by atoms with Crippen LogP contribution in [0.4, 0.5) is 0 Å². The number of furan rings is 1. The van der Waals surface area contributed by atoms with E-state index in [0.29, 0.717) is 25.7 Å². The van der Waals surface area contributed by atoms with Crippen LogP contribution in [-0.2, 0) is 42.9 Å². The Morgan fingerprint density at radius 1 is 0.833 bits per heavy atom. The predicted molar refractivity (Wildman–Crippen MR) is 145 cm³/mol. The summed E-state index contributed by atoms with van der Waals surface area (Å²) in [6, 6.07) is 1.81. The number of carbonyl (C=O) groups excluding carboxylic acids is 4. The quantitative estimate of drug-likeness (QED) is 0.278. The zero-order chi connectivity index (χ0) is 30.6. The highest BCUT2D eigenvalue weighted by molar-refractivity contribution is 5.82. The molecule has 2 saturated heterocycles. The van der Waals surface area contributed by atoms with Crippen LogP contribution in [0.25, 0.3) is 0 Å². The third kappa shape index (κ3) is 3.53. The molecule has 1 aromatic heterocycles. The second-order valence-electron chi connectivity index (χ2n) is 14.4. The van der Waals surface area contributed by atoms with Gasteiger partial charge in [-0.3, -0.25) is 14.4 Å². The average Bonchev–Trinajstić information content (AvgIpc) is 3.45. The lowest BCUT2D eigenvalue weighted by molar-refractivity contribution is -0.298. The highest BCUT2D eigenvalue weighted by Crippen LogP contribution is 2.80. The summed E-state index contributed by atoms with van der Waals surface area (Å²) in [5.74, 6) is -2.01. The summed E-state index contributed by atoms with van der Waals surface area (Å²) in [5, 5.41) is 0. The van der Waals surface area contributed by atoms with Crippen molar-refractivity contribution in [2.45, 2.75) is 117 Å². The van der Waals surface area contributed by atoms with Gasteiger partial charge in [0, 0.05) is 54.4 Å². The van der Waals surface area contributed by atoms with Gasteiger partial charge in [0.25, 0.3) is 0 Å². The molecule has 5 aliphatic rings. The van der Waals surface area contributed by atoms with E-state index in [1.54, 1.807) is 12.5 Å². The van der Waals surface area contributed by atoms with E-state index >= 15 is 0 Å². The van der Waals surface area contributed by atoms with Gasteiger partial charge in [0.05, 0.1) is 12.5 Å². The fourth-order valence-electron chi connectivity index (χ4n) is 10.6. The number of rotatable bonds is 4. The zero-order valence-electron chi connectivity index (χ0n) is 25.7. The molecule has 0 N–H and O–H groups in total. The van der Waals surface area contributed by atoms with E-state index in [2.05, 4.69) is 34.6 Å². The van der Waals surface area contributed by atoms with Gasteiger partial charge in [-0.2, -0.15) is 0 Å². The van der Waals surface area contributed by atoms with Crippen LogP contribution in [0, 0.1) is 33.5 Å². The fourth-order valence-corrected chi connectivity index (χ4v) is 10.6. The summed E-state index contributed by atoms with van der Waals surface area (Å²) in [4.78, 5) is 50.9. The number of hydrogen-bond donors (Lipinski definition) is 0. The van der Waals surface area contributed by atoms with E-state index in [1.807, 2.05) is 6.07 Å². The van der Waals surface area contributed by atoms with E-state index in [-0.39, 0.29) is 11.8 Å². The van der Waals surface area contributed by atoms with Crippen LogP contribution in [-0.4, -0.2) is 53.9 Å². The predicted octanol–water partition coefficient (Wildman–Crippen LogP) is 4.69. The Labute approximate surface area is 246 Å². The van der Waals surface area contributed by atoms with Crippen molar-refractivity contribution < 1.29 is 47.3 Å². The van der Waals surface area contributed by atoms with Gasteiger partial charge in [0.2, 0.25) is 0 Å². The van der Waals surface area contributed by atoms with Crippen molar-refractivity contribution in [3.63, 3.8) is 0 Å². The molecule has 3 heterocycles. The first kappa shape index (κ1) is 29.2. The standard InChI is InChI=1S/C32H42O10/c1-16(33)38-22-14-23(39-17(2)34)30(7)20-9-11-29(6)25(19-10-12-37-15-19)41-27(36)26-32(29,42-26)31(20,8)24(40-18(3)35)13-21(30)28(22,4)5/h10,12,15,20-26H,9,11,13-14H2,1-8H3/t20-,21+,22-,23+,24-,25-,26-,29+,30-,31+,32-/m1/s1. The molecule has 5 fully saturated rings. The lowest BCUT2D eigenvalue weighted by Crippen LogP contribution is -2.75. The first-order chi connectivity index (χ1) is 19.5. The number of hydrogen-bond acceptors (Lipinski definition) is 10. The lowest BCUT2D eigenvalue weighted by atomic mass is 9.34. The molecule has 3 saturated carbocycles. The van der Waals surface area contributed by atoms with Gasteiger partial charge in [-0.25, -0.2) is 4.79 Å². The van der Waals surface area contributed by atoms with Crippen molar-refractivity contribution in [1.82, 2.24) is 0 Å². The Balaban J connectivity index is 1.54. The minimum Gasteiger partial charge on any atom is -0.472 e. The lowest BCUT2D eigenvalue weighted by Gasteiger charge is -2.71. The maximum absolute atomic E-state index is 13.5. The number of esters is 4. The molecule has 0 bridgehead atoms. The maximum atomic E-state index is 13.5. The van der Waals surface area contributed by atoms with Crippen LogP contribution < -0.4 is 0 Å². The van der Waals surface area contributed by atoms with E-state index < -0.39 is 81.7 Å². The monoisotopic (exact) mass is 586 g/mol. The largest absolute Gasteiger partial charge is 0.472 e. The third-order valence-corrected chi connectivity index (χ3v) is 12.2. The van der Waals surface area contributed by atoms with Crippen LogP contribution in [0.15, 0.2) is 23.0 Å². The van der Waals surface area contributed by atoms with Crippen LogP contribution in [0.5, 0.6) is 0 Å². The van der Waals surface area contributed by atoms with Gasteiger partial charge >= 0.3 is 23.9 Å². The maximum Gasteiger partial charge on any atom is 0.339 e. The van der Waals surface area contributed by atoms with Crippen molar-refractivity contribution in [3.8, 4) is 0 Å². The fraction of sp³-hybridized carbons (Fsp3) is 0.750. The topological polar surface area (TPSA) is 131 Å². The summed E-state index contributed by atoms with van der Waals surface area (Å²) in [5.41, 5.74) is -2.88. The Hall–Kier alpha value is -2.88. The van der Waals surface area contributed by atoms with Crippen molar-refractivity contribution in [2.24, 2.45) is 33.5 Å². The second kappa shape index (κ2) is 9.07. The number of epoxide rings is 1. The first-order valence-electron chi connectivity index (χ1n) is 15.0. The molecule has 11 atom stereocenters. The van der Waals surface area contributed by atoms with Crippen LogP contribution >= 0.6 is 0 Å². The molecule has 0 aromatic carbocycles. The smallest absolute Gasteiger partial charge is 0.339 e. The molecule has 10 heteroatoms. The van der Waals surface area contributed by atoms with Gasteiger partial charge < -0.3 is 28.1 Å². The van der Waals surface area contributed by atoms with E-state index in [0.717, 1.165) is 5.56 Å². The molecule has 0 amide bonds. The van der Waals surface area contributed by atoms with E-state index in [1.165, 1.54) is 20.8 Å². The summed E-state index contributed by atoms with van der Waals surface area (Å²) >= 11 is 0. The summed E-state index contributed by atoms with van der Waals surface area (Å²) in [6.45, 7) is 14.7. The molecule has 2 aliphatic heterocycles. The number of cyclic esters (lactones) is 1. The van der Waals surface area contributed by atoms with Crippen molar-refractivity contribution in [3.05, 3.63) is 24.2 Å². The molecule has 1 aromatic rings. The summed E-state index contributed by atoms with van der Waals surface area (Å²) < 4.78 is 36.2. The van der Waals surface area contributed by atoms with Crippen molar-refractivity contribution in [1.29, 1.82) is 0 Å². The SMILES string of the molecule is CC(=O)O[C@H]1C[C@@H](OC(C)=O)C(C)(C)[C@@H]2C[C@@H](OC(C)=O)[C@]3(C)[C@H](CC[C@@]4(C)[C@@H](c5ccoc5)OC(=O)[C@H]5O[C@@]534)[C@@]12C. The molecule has 3 aliphatic carbocycles. The highest BCUT2D eigenvalue weighted by atomic mass is 16.7. The van der Waals surface area contributed by atoms with Crippen molar-refractivity contribution in [2.75, 3.05) is 0 Å². The average molecular weight is 587 g/mol. The molecule has 0 radical (unpaired) electrons. The molecule has 42 heavy (non-hydrogen) atoms. The summed E-state index contributed by atoms with van der Waals surface area (Å²) in [7, 11) is 0. The molecule has 10 nitrogen and oxygen atoms in total. The van der Waals surface area contributed by atoms with Gasteiger partial charge in [-0.05, 0) is 37.2 Å². The normalized spacial score (nSPS) is 46.5. The van der Waals surface area contributed by atoms with E-state index in [4.69, 9.17) is 28.1 Å². The minimum absolute atomic E-state index is 0.159. The zero-order valence-corrected chi connectivity index (χ0v) is 25.7. The number of carbonyl (C=O) groups is 4. The molecule has 0 unspecified atom stereocenters. The molecule has 6 rings (SSSR count). The van der Waals surface area contributed by atoms with Crippen LogP contribution in [0.1, 0.15) is 92.7 Å². The highest BCUT2D eigenvalue weighted by Gasteiger charge is 2.89. The van der Waals surface area contributed by atoms with Gasteiger partial charge in [-0.1, -0.05) is 34.6 Å². The first-order valence-corrected chi connectivity index (χ1v) is 15.0.